The summed E-state index contributed by atoms with van der Waals surface area (Å²) in [5, 5.41) is 11.4. The van der Waals surface area contributed by atoms with E-state index in [9.17, 15) is 9.18 Å². The molecule has 0 radical (unpaired) electrons. The van der Waals surface area contributed by atoms with Crippen LogP contribution >= 0.6 is 0 Å². The molecule has 0 aliphatic heterocycles. The number of rotatable bonds is 5. The minimum atomic E-state index is -0.833. The third kappa shape index (κ3) is 4.20. The minimum Gasteiger partial charge on any atom is -0.493 e. The number of hydrogen-bond donors (Lipinski definition) is 1. The number of ether oxygens (including phenoxy) is 2. The molecule has 0 unspecified atom stereocenters. The van der Waals surface area contributed by atoms with Crippen molar-refractivity contribution in [3.8, 4) is 17.6 Å². The van der Waals surface area contributed by atoms with Crippen molar-refractivity contribution in [2.75, 3.05) is 12.4 Å². The summed E-state index contributed by atoms with van der Waals surface area (Å²) >= 11 is 0. The molecule has 23 heavy (non-hydrogen) atoms. The first kappa shape index (κ1) is 16.3. The van der Waals surface area contributed by atoms with E-state index in [4.69, 9.17) is 14.7 Å². The number of carbonyl (C=O) groups is 1. The number of nitriles is 1. The molecule has 0 saturated heterocycles. The van der Waals surface area contributed by atoms with Crippen LogP contribution in [0.25, 0.3) is 0 Å². The highest BCUT2D eigenvalue weighted by Gasteiger charge is 2.17. The lowest BCUT2D eigenvalue weighted by Crippen LogP contribution is -2.30. The Hall–Kier alpha value is -3.07. The SMILES string of the molecule is COc1cc(C#N)ccc1O[C@H](C)C(=O)Nc1cccc(F)c1. The number of nitrogens with one attached hydrogen (secondary N) is 1. The van der Waals surface area contributed by atoms with Gasteiger partial charge in [0.1, 0.15) is 5.82 Å². The van der Waals surface area contributed by atoms with Crippen LogP contribution in [0.2, 0.25) is 0 Å². The Bertz CT molecular complexity index is 756. The topological polar surface area (TPSA) is 71.3 Å². The number of anilines is 1. The average Bonchev–Trinajstić information content (AvgIpc) is 2.55. The molecule has 0 saturated carbocycles. The first-order valence-corrected chi connectivity index (χ1v) is 6.84. The molecular weight excluding hydrogens is 299 g/mol. The Morgan fingerprint density at radius 3 is 2.70 bits per heavy atom. The monoisotopic (exact) mass is 314 g/mol. The third-order valence-electron chi connectivity index (χ3n) is 3.06. The van der Waals surface area contributed by atoms with Crippen molar-refractivity contribution >= 4 is 11.6 Å². The van der Waals surface area contributed by atoms with Gasteiger partial charge in [0.15, 0.2) is 17.6 Å². The normalized spacial score (nSPS) is 11.2. The summed E-state index contributed by atoms with van der Waals surface area (Å²) in [7, 11) is 1.45. The van der Waals surface area contributed by atoms with E-state index in [0.717, 1.165) is 0 Å². The van der Waals surface area contributed by atoms with Crippen LogP contribution in [0.1, 0.15) is 12.5 Å². The zero-order chi connectivity index (χ0) is 16.8. The molecule has 1 amide bonds. The molecule has 5 nitrogen and oxygen atoms in total. The minimum absolute atomic E-state index is 0.341. The van der Waals surface area contributed by atoms with Gasteiger partial charge in [-0.15, -0.1) is 0 Å². The Morgan fingerprint density at radius 2 is 2.04 bits per heavy atom. The number of halogens is 1. The highest BCUT2D eigenvalue weighted by Crippen LogP contribution is 2.28. The lowest BCUT2D eigenvalue weighted by molar-refractivity contribution is -0.122. The van der Waals surface area contributed by atoms with Crippen LogP contribution in [0.4, 0.5) is 10.1 Å². The maximum absolute atomic E-state index is 13.1. The molecule has 0 aliphatic rings. The van der Waals surface area contributed by atoms with Crippen molar-refractivity contribution in [2.24, 2.45) is 0 Å². The van der Waals surface area contributed by atoms with E-state index >= 15 is 0 Å². The average molecular weight is 314 g/mol. The zero-order valence-corrected chi connectivity index (χ0v) is 12.7. The van der Waals surface area contributed by atoms with Crippen LogP contribution in [0.15, 0.2) is 42.5 Å². The second kappa shape index (κ2) is 7.27. The maximum atomic E-state index is 13.1. The summed E-state index contributed by atoms with van der Waals surface area (Å²) in [6.45, 7) is 1.56. The number of nitrogens with zero attached hydrogens (tertiary/aromatic N) is 1. The molecule has 2 aromatic rings. The molecule has 2 rings (SSSR count). The molecule has 0 fully saturated rings. The lowest BCUT2D eigenvalue weighted by atomic mass is 10.2. The Kier molecular flexibility index (Phi) is 5.15. The van der Waals surface area contributed by atoms with E-state index in [2.05, 4.69) is 5.32 Å². The van der Waals surface area contributed by atoms with Gasteiger partial charge in [0.25, 0.3) is 5.91 Å². The fourth-order valence-corrected chi connectivity index (χ4v) is 1.89. The van der Waals surface area contributed by atoms with Gasteiger partial charge in [0, 0.05) is 11.8 Å². The van der Waals surface area contributed by atoms with Crippen molar-refractivity contribution in [1.29, 1.82) is 5.26 Å². The second-order valence-electron chi connectivity index (χ2n) is 4.74. The van der Waals surface area contributed by atoms with Crippen molar-refractivity contribution in [3.63, 3.8) is 0 Å². The molecule has 0 spiro atoms. The van der Waals surface area contributed by atoms with E-state index in [1.54, 1.807) is 25.1 Å². The fourth-order valence-electron chi connectivity index (χ4n) is 1.89. The predicted molar refractivity (Wildman–Crippen MR) is 82.8 cm³/mol. The van der Waals surface area contributed by atoms with E-state index in [0.29, 0.717) is 22.7 Å². The molecule has 2 aromatic carbocycles. The molecule has 1 N–H and O–H groups in total. The molecule has 0 aromatic heterocycles. The van der Waals surface area contributed by atoms with E-state index in [1.807, 2.05) is 6.07 Å². The second-order valence-corrected chi connectivity index (χ2v) is 4.74. The molecule has 1 atom stereocenters. The van der Waals surface area contributed by atoms with Crippen LogP contribution in [-0.2, 0) is 4.79 Å². The first-order valence-electron chi connectivity index (χ1n) is 6.84. The number of hydrogen-bond acceptors (Lipinski definition) is 4. The van der Waals surface area contributed by atoms with Gasteiger partial charge in [-0.2, -0.15) is 5.26 Å². The number of benzene rings is 2. The van der Waals surface area contributed by atoms with Gasteiger partial charge < -0.3 is 14.8 Å². The quantitative estimate of drug-likeness (QED) is 0.920. The van der Waals surface area contributed by atoms with Gasteiger partial charge in [-0.25, -0.2) is 4.39 Å². The number of amides is 1. The van der Waals surface area contributed by atoms with Crippen LogP contribution in [0.5, 0.6) is 11.5 Å². The van der Waals surface area contributed by atoms with Gasteiger partial charge in [0.05, 0.1) is 18.7 Å². The largest absolute Gasteiger partial charge is 0.493 e. The molecule has 0 heterocycles. The Balaban J connectivity index is 2.08. The van der Waals surface area contributed by atoms with Crippen LogP contribution < -0.4 is 14.8 Å². The summed E-state index contributed by atoms with van der Waals surface area (Å²) in [4.78, 5) is 12.1. The van der Waals surface area contributed by atoms with Crippen LogP contribution in [0.3, 0.4) is 0 Å². The third-order valence-corrected chi connectivity index (χ3v) is 3.06. The standard InChI is InChI=1S/C17H15FN2O3/c1-11(17(21)20-14-5-3-4-13(18)9-14)23-15-7-6-12(10-19)8-16(15)22-2/h3-9,11H,1-2H3,(H,20,21)/t11-/m1/s1. The van der Waals surface area contributed by atoms with E-state index < -0.39 is 17.8 Å². The lowest BCUT2D eigenvalue weighted by Gasteiger charge is -2.16. The highest BCUT2D eigenvalue weighted by molar-refractivity contribution is 5.94. The molecule has 6 heteroatoms. The Labute approximate surface area is 133 Å². The highest BCUT2D eigenvalue weighted by atomic mass is 19.1. The van der Waals surface area contributed by atoms with Gasteiger partial charge in [-0.05, 0) is 37.3 Å². The molecule has 0 aliphatic carbocycles. The Morgan fingerprint density at radius 1 is 1.26 bits per heavy atom. The summed E-state index contributed by atoms with van der Waals surface area (Å²) in [6.07, 6.45) is -0.833. The van der Waals surface area contributed by atoms with Crippen LogP contribution in [0, 0.1) is 17.1 Å². The van der Waals surface area contributed by atoms with Gasteiger partial charge in [-0.3, -0.25) is 4.79 Å². The predicted octanol–water partition coefficient (Wildman–Crippen LogP) is 3.11. The van der Waals surface area contributed by atoms with Crippen LogP contribution in [-0.4, -0.2) is 19.1 Å². The number of methoxy groups -OCH3 is 1. The van der Waals surface area contributed by atoms with Crippen molar-refractivity contribution in [1.82, 2.24) is 0 Å². The molecular formula is C17H15FN2O3. The zero-order valence-electron chi connectivity index (χ0n) is 12.7. The smallest absolute Gasteiger partial charge is 0.265 e. The fraction of sp³-hybridized carbons (Fsp3) is 0.176. The summed E-state index contributed by atoms with van der Waals surface area (Å²) in [5.41, 5.74) is 0.767. The summed E-state index contributed by atoms with van der Waals surface area (Å²) in [5.74, 6) is -0.171. The van der Waals surface area contributed by atoms with E-state index in [1.165, 1.54) is 31.4 Å². The summed E-state index contributed by atoms with van der Waals surface area (Å²) < 4.78 is 23.8. The van der Waals surface area contributed by atoms with Crippen molar-refractivity contribution < 1.29 is 18.7 Å². The van der Waals surface area contributed by atoms with Crippen molar-refractivity contribution in [3.05, 3.63) is 53.8 Å². The van der Waals surface area contributed by atoms with Gasteiger partial charge in [0.2, 0.25) is 0 Å². The molecule has 118 valence electrons. The summed E-state index contributed by atoms with van der Waals surface area (Å²) in [6, 6.07) is 12.2. The van der Waals surface area contributed by atoms with E-state index in [-0.39, 0.29) is 0 Å². The maximum Gasteiger partial charge on any atom is 0.265 e. The number of carbonyl (C=O) groups excluding carboxylic acids is 1. The first-order chi connectivity index (χ1) is 11.0. The van der Waals surface area contributed by atoms with Gasteiger partial charge in [-0.1, -0.05) is 6.07 Å². The van der Waals surface area contributed by atoms with Gasteiger partial charge >= 0.3 is 0 Å². The molecule has 0 bridgehead atoms. The van der Waals surface area contributed by atoms with Crippen molar-refractivity contribution in [2.45, 2.75) is 13.0 Å².